The molecule has 25 heavy (non-hydrogen) atoms. The van der Waals surface area contributed by atoms with E-state index in [-0.39, 0.29) is 0 Å². The SMILES string of the molecule is C=Cc1ccc(-c2ccc(/C(C)=C\CO/C(C)=C(\C)CC)cc2)cc1. The predicted molar refractivity (Wildman–Crippen MR) is 110 cm³/mol. The van der Waals surface area contributed by atoms with Gasteiger partial charge < -0.3 is 4.74 Å². The third-order valence-electron chi connectivity index (χ3n) is 4.64. The molecule has 0 radical (unpaired) electrons. The van der Waals surface area contributed by atoms with Crippen LogP contribution in [0.3, 0.4) is 0 Å². The molecule has 0 aromatic heterocycles. The fourth-order valence-corrected chi connectivity index (χ4v) is 2.52. The van der Waals surface area contributed by atoms with Gasteiger partial charge in [-0.1, -0.05) is 68.1 Å². The molecule has 2 aromatic rings. The molecule has 0 spiro atoms. The summed E-state index contributed by atoms with van der Waals surface area (Å²) >= 11 is 0. The van der Waals surface area contributed by atoms with Gasteiger partial charge in [-0.25, -0.2) is 0 Å². The molecule has 1 heteroatoms. The average Bonchev–Trinajstić information content (AvgIpc) is 2.67. The standard InChI is InChI=1S/C24H28O/c1-6-18(3)20(5)25-17-16-19(4)22-12-14-24(15-13-22)23-10-8-21(7-2)9-11-23/h7-16H,2,6,17H2,1,3-5H3/b19-16-,20-18+. The first-order valence-corrected chi connectivity index (χ1v) is 8.84. The van der Waals surface area contributed by atoms with Gasteiger partial charge in [-0.15, -0.1) is 0 Å². The predicted octanol–water partition coefficient (Wildman–Crippen LogP) is 7.12. The van der Waals surface area contributed by atoms with Crippen LogP contribution in [0.2, 0.25) is 0 Å². The highest BCUT2D eigenvalue weighted by Gasteiger charge is 2.00. The molecule has 0 amide bonds. The maximum absolute atomic E-state index is 5.80. The molecule has 0 unspecified atom stereocenters. The molecule has 130 valence electrons. The first-order chi connectivity index (χ1) is 12.0. The molecule has 0 fully saturated rings. The molecule has 0 saturated heterocycles. The lowest BCUT2D eigenvalue weighted by molar-refractivity contribution is 0.245. The van der Waals surface area contributed by atoms with E-state index in [0.29, 0.717) is 6.61 Å². The number of hydrogen-bond donors (Lipinski definition) is 0. The van der Waals surface area contributed by atoms with Crippen LogP contribution in [-0.4, -0.2) is 6.61 Å². The van der Waals surface area contributed by atoms with E-state index in [1.807, 2.05) is 13.0 Å². The fraction of sp³-hybridized carbons (Fsp3) is 0.250. The molecule has 1 nitrogen and oxygen atoms in total. The second-order valence-electron chi connectivity index (χ2n) is 6.29. The van der Waals surface area contributed by atoms with E-state index >= 15 is 0 Å². The van der Waals surface area contributed by atoms with E-state index in [0.717, 1.165) is 17.7 Å². The van der Waals surface area contributed by atoms with Gasteiger partial charge in [0.15, 0.2) is 0 Å². The van der Waals surface area contributed by atoms with Gasteiger partial charge in [0.25, 0.3) is 0 Å². The topological polar surface area (TPSA) is 9.23 Å². The van der Waals surface area contributed by atoms with E-state index in [9.17, 15) is 0 Å². The summed E-state index contributed by atoms with van der Waals surface area (Å²) in [4.78, 5) is 0. The van der Waals surface area contributed by atoms with Crippen LogP contribution in [0, 0.1) is 0 Å². The molecule has 0 heterocycles. The third-order valence-corrected chi connectivity index (χ3v) is 4.64. The van der Waals surface area contributed by atoms with Crippen LogP contribution in [0.1, 0.15) is 45.2 Å². The minimum Gasteiger partial charge on any atom is -0.494 e. The zero-order valence-corrected chi connectivity index (χ0v) is 15.8. The minimum absolute atomic E-state index is 0.611. The van der Waals surface area contributed by atoms with E-state index in [1.165, 1.54) is 27.8 Å². The summed E-state index contributed by atoms with van der Waals surface area (Å²) in [7, 11) is 0. The Balaban J connectivity index is 2.05. The van der Waals surface area contributed by atoms with E-state index in [1.54, 1.807) is 0 Å². The highest BCUT2D eigenvalue weighted by molar-refractivity contribution is 5.70. The number of benzene rings is 2. The van der Waals surface area contributed by atoms with E-state index in [4.69, 9.17) is 4.74 Å². The van der Waals surface area contributed by atoms with Crippen molar-refractivity contribution in [2.45, 2.75) is 34.1 Å². The first kappa shape index (κ1) is 18.8. The highest BCUT2D eigenvalue weighted by atomic mass is 16.5. The van der Waals surface area contributed by atoms with Crippen molar-refractivity contribution in [1.29, 1.82) is 0 Å². The summed E-state index contributed by atoms with van der Waals surface area (Å²) in [6.45, 7) is 12.8. The van der Waals surface area contributed by atoms with Gasteiger partial charge in [0.2, 0.25) is 0 Å². The van der Waals surface area contributed by atoms with Gasteiger partial charge in [-0.3, -0.25) is 0 Å². The van der Waals surface area contributed by atoms with Gasteiger partial charge in [0.1, 0.15) is 6.61 Å². The lowest BCUT2D eigenvalue weighted by Crippen LogP contribution is -1.93. The van der Waals surface area contributed by atoms with Gasteiger partial charge >= 0.3 is 0 Å². The molecular formula is C24H28O. The third kappa shape index (κ3) is 5.22. The molecule has 0 N–H and O–H groups in total. The zero-order valence-electron chi connectivity index (χ0n) is 15.8. The summed E-state index contributed by atoms with van der Waals surface area (Å²) in [5.41, 5.74) is 7.35. The lowest BCUT2D eigenvalue weighted by Gasteiger charge is -2.09. The van der Waals surface area contributed by atoms with E-state index in [2.05, 4.69) is 82.0 Å². The minimum atomic E-state index is 0.611. The van der Waals surface area contributed by atoms with Crippen molar-refractivity contribution in [2.75, 3.05) is 6.61 Å². The van der Waals surface area contributed by atoms with Crippen molar-refractivity contribution >= 4 is 11.6 Å². The molecule has 2 aromatic carbocycles. The van der Waals surface area contributed by atoms with Crippen LogP contribution in [0.4, 0.5) is 0 Å². The van der Waals surface area contributed by atoms with Crippen molar-refractivity contribution in [3.63, 3.8) is 0 Å². The van der Waals surface area contributed by atoms with Crippen LogP contribution in [0.5, 0.6) is 0 Å². The molecule has 0 aliphatic carbocycles. The quantitative estimate of drug-likeness (QED) is 0.490. The van der Waals surface area contributed by atoms with Crippen molar-refractivity contribution in [2.24, 2.45) is 0 Å². The Bertz CT molecular complexity index is 759. The molecule has 0 bridgehead atoms. The Labute approximate surface area is 152 Å². The number of allylic oxidation sites excluding steroid dienone is 3. The second kappa shape index (κ2) is 9.08. The summed E-state index contributed by atoms with van der Waals surface area (Å²) in [5, 5.41) is 0. The Hall–Kier alpha value is -2.54. The molecule has 0 atom stereocenters. The molecule has 0 aliphatic rings. The smallest absolute Gasteiger partial charge is 0.106 e. The summed E-state index contributed by atoms with van der Waals surface area (Å²) in [5.74, 6) is 1.03. The van der Waals surface area contributed by atoms with Crippen LogP contribution < -0.4 is 0 Å². The molecule has 0 saturated carbocycles. The van der Waals surface area contributed by atoms with Crippen molar-refractivity contribution in [3.05, 3.63) is 83.6 Å². The molecule has 0 aliphatic heterocycles. The van der Waals surface area contributed by atoms with E-state index < -0.39 is 0 Å². The lowest BCUT2D eigenvalue weighted by atomic mass is 10.00. The monoisotopic (exact) mass is 332 g/mol. The maximum atomic E-state index is 5.80. The Kier molecular flexibility index (Phi) is 6.82. The van der Waals surface area contributed by atoms with Crippen molar-refractivity contribution < 1.29 is 4.74 Å². The number of ether oxygens (including phenoxy) is 1. The van der Waals surface area contributed by atoms with Crippen LogP contribution >= 0.6 is 0 Å². The Morgan fingerprint density at radius 1 is 0.920 bits per heavy atom. The Morgan fingerprint density at radius 3 is 2.00 bits per heavy atom. The van der Waals surface area contributed by atoms with Gasteiger partial charge in [0.05, 0.1) is 5.76 Å². The van der Waals surface area contributed by atoms with Crippen LogP contribution in [0.15, 0.2) is 72.5 Å². The summed E-state index contributed by atoms with van der Waals surface area (Å²) in [6.07, 6.45) is 5.03. The zero-order chi connectivity index (χ0) is 18.2. The fourth-order valence-electron chi connectivity index (χ4n) is 2.52. The van der Waals surface area contributed by atoms with Gasteiger partial charge in [-0.05, 0) is 66.7 Å². The van der Waals surface area contributed by atoms with Crippen molar-refractivity contribution in [1.82, 2.24) is 0 Å². The van der Waals surface area contributed by atoms with Crippen LogP contribution in [-0.2, 0) is 4.74 Å². The Morgan fingerprint density at radius 2 is 1.48 bits per heavy atom. The van der Waals surface area contributed by atoms with Crippen LogP contribution in [0.25, 0.3) is 22.8 Å². The van der Waals surface area contributed by atoms with Gasteiger partial charge in [0, 0.05) is 0 Å². The average molecular weight is 332 g/mol. The summed E-state index contributed by atoms with van der Waals surface area (Å²) < 4.78 is 5.80. The molecular weight excluding hydrogens is 304 g/mol. The van der Waals surface area contributed by atoms with Crippen molar-refractivity contribution in [3.8, 4) is 11.1 Å². The number of rotatable bonds is 7. The highest BCUT2D eigenvalue weighted by Crippen LogP contribution is 2.23. The normalized spacial score (nSPS) is 12.6. The maximum Gasteiger partial charge on any atom is 0.106 e. The second-order valence-corrected chi connectivity index (χ2v) is 6.29. The molecule has 2 rings (SSSR count). The number of hydrogen-bond acceptors (Lipinski definition) is 1. The first-order valence-electron chi connectivity index (χ1n) is 8.84. The largest absolute Gasteiger partial charge is 0.494 e. The summed E-state index contributed by atoms with van der Waals surface area (Å²) in [6, 6.07) is 17.1. The van der Waals surface area contributed by atoms with Gasteiger partial charge in [-0.2, -0.15) is 0 Å².